The van der Waals surface area contributed by atoms with Gasteiger partial charge >= 0.3 is 19.8 Å². The van der Waals surface area contributed by atoms with Crippen LogP contribution in [0.1, 0.15) is 206 Å². The van der Waals surface area contributed by atoms with Gasteiger partial charge in [-0.3, -0.25) is 18.6 Å². The van der Waals surface area contributed by atoms with E-state index in [1.807, 2.05) is 0 Å². The number of carbonyl (C=O) groups is 2. The summed E-state index contributed by atoms with van der Waals surface area (Å²) in [5, 5.41) is 19.2. The maximum Gasteiger partial charge on any atom is 0.472 e. The van der Waals surface area contributed by atoms with Crippen molar-refractivity contribution in [2.75, 3.05) is 26.4 Å². The molecule has 0 aromatic rings. The smallest absolute Gasteiger partial charge is 0.457 e. The lowest BCUT2D eigenvalue weighted by Crippen LogP contribution is -2.28. The lowest BCUT2D eigenvalue weighted by atomic mass is 10.0. The second-order valence-corrected chi connectivity index (χ2v) is 16.5. The fourth-order valence-corrected chi connectivity index (χ4v) is 6.99. The summed E-state index contributed by atoms with van der Waals surface area (Å²) in [5.74, 6) is -1.02. The van der Waals surface area contributed by atoms with Crippen LogP contribution in [0, 0.1) is 0 Å². The number of esters is 2. The molecule has 0 aromatic carbocycles. The molecule has 3 N–H and O–H groups in total. The minimum Gasteiger partial charge on any atom is -0.457 e. The van der Waals surface area contributed by atoms with Crippen molar-refractivity contribution < 1.29 is 47.8 Å². The molecule has 10 nitrogen and oxygen atoms in total. The zero-order valence-electron chi connectivity index (χ0n) is 35.2. The highest BCUT2D eigenvalue weighted by molar-refractivity contribution is 7.47. The van der Waals surface area contributed by atoms with Crippen LogP contribution >= 0.6 is 7.82 Å². The standard InChI is InChI=1S/C44H83O10P/c1-3-5-7-9-11-13-15-17-19-20-22-24-26-28-30-32-34-36-44(48)54-42(38-46)40-52-55(49,50)51-39-41(37-45)53-43(47)35-33-31-29-27-25-23-21-18-16-14-12-10-8-6-4-2/h11,13,17,19,41-42,45-46H,3-10,12,14-16,18,20-40H2,1-2H3,(H,49,50)/b13-11-,19-17-. The molecule has 0 amide bonds. The molecule has 0 aliphatic heterocycles. The van der Waals surface area contributed by atoms with Gasteiger partial charge in [0.25, 0.3) is 0 Å². The number of carbonyl (C=O) groups excluding carboxylic acids is 2. The molecule has 0 aromatic heterocycles. The molecule has 324 valence electrons. The van der Waals surface area contributed by atoms with Crippen LogP contribution in [0.15, 0.2) is 24.3 Å². The second-order valence-electron chi connectivity index (χ2n) is 15.0. The number of rotatable bonds is 42. The summed E-state index contributed by atoms with van der Waals surface area (Å²) in [6, 6.07) is 0. The number of aliphatic hydroxyl groups excluding tert-OH is 2. The largest absolute Gasteiger partial charge is 0.472 e. The molecule has 3 atom stereocenters. The van der Waals surface area contributed by atoms with Gasteiger partial charge in [0.05, 0.1) is 26.4 Å². The Labute approximate surface area is 336 Å². The van der Waals surface area contributed by atoms with Crippen molar-refractivity contribution in [3.63, 3.8) is 0 Å². The average Bonchev–Trinajstić information content (AvgIpc) is 3.17. The first-order valence-electron chi connectivity index (χ1n) is 22.3. The number of ether oxygens (including phenoxy) is 2. The number of hydrogen-bond donors (Lipinski definition) is 3. The van der Waals surface area contributed by atoms with Gasteiger partial charge in [-0.15, -0.1) is 0 Å². The van der Waals surface area contributed by atoms with E-state index in [1.165, 1.54) is 116 Å². The Morgan fingerprint density at radius 3 is 1.16 bits per heavy atom. The normalized spacial score (nSPS) is 14.1. The van der Waals surface area contributed by atoms with E-state index in [-0.39, 0.29) is 12.8 Å². The minimum atomic E-state index is -4.63. The number of hydrogen-bond acceptors (Lipinski definition) is 9. The van der Waals surface area contributed by atoms with E-state index < -0.39 is 58.4 Å². The van der Waals surface area contributed by atoms with E-state index in [0.717, 1.165) is 51.4 Å². The number of phosphoric ester groups is 1. The second kappa shape index (κ2) is 40.6. The molecule has 0 aliphatic rings. The fraction of sp³-hybridized carbons (Fsp3) is 0.864. The molecule has 0 fully saturated rings. The number of phosphoric acid groups is 1. The highest BCUT2D eigenvalue weighted by atomic mass is 31.2. The Bertz CT molecular complexity index is 972. The maximum atomic E-state index is 12.4. The fourth-order valence-electron chi connectivity index (χ4n) is 6.20. The predicted molar refractivity (Wildman–Crippen MR) is 224 cm³/mol. The van der Waals surface area contributed by atoms with Gasteiger partial charge < -0.3 is 24.6 Å². The van der Waals surface area contributed by atoms with Crippen molar-refractivity contribution in [1.82, 2.24) is 0 Å². The average molecular weight is 803 g/mol. The third kappa shape index (κ3) is 39.1. The Kier molecular flexibility index (Phi) is 39.5. The molecule has 3 unspecified atom stereocenters. The molecular weight excluding hydrogens is 719 g/mol. The van der Waals surface area contributed by atoms with Crippen molar-refractivity contribution >= 4 is 19.8 Å². The van der Waals surface area contributed by atoms with Crippen molar-refractivity contribution in [3.05, 3.63) is 24.3 Å². The first kappa shape index (κ1) is 53.5. The summed E-state index contributed by atoms with van der Waals surface area (Å²) in [6.07, 6.45) is 40.0. The van der Waals surface area contributed by atoms with Gasteiger partial charge in [-0.1, -0.05) is 173 Å². The van der Waals surface area contributed by atoms with Gasteiger partial charge in [0.1, 0.15) is 12.2 Å². The topological polar surface area (TPSA) is 149 Å². The van der Waals surface area contributed by atoms with Crippen LogP contribution in [0.25, 0.3) is 0 Å². The Morgan fingerprint density at radius 2 is 0.800 bits per heavy atom. The molecule has 0 spiro atoms. The van der Waals surface area contributed by atoms with Gasteiger partial charge in [0, 0.05) is 12.8 Å². The Morgan fingerprint density at radius 1 is 0.491 bits per heavy atom. The first-order valence-corrected chi connectivity index (χ1v) is 23.8. The van der Waals surface area contributed by atoms with Crippen LogP contribution < -0.4 is 0 Å². The number of unbranched alkanes of at least 4 members (excludes halogenated alkanes) is 24. The van der Waals surface area contributed by atoms with E-state index in [2.05, 4.69) is 38.2 Å². The van der Waals surface area contributed by atoms with Gasteiger partial charge in [-0.05, 0) is 44.9 Å². The SMILES string of the molecule is CCCCC/C=C\C/C=C\CCCCCCCCCC(=O)OC(CO)COP(=O)(O)OCC(CO)OC(=O)CCCCCCCCCCCCCCCCC. The van der Waals surface area contributed by atoms with E-state index in [9.17, 15) is 29.3 Å². The van der Waals surface area contributed by atoms with Crippen LogP contribution in [0.4, 0.5) is 0 Å². The van der Waals surface area contributed by atoms with Crippen LogP contribution in [0.5, 0.6) is 0 Å². The summed E-state index contributed by atoms with van der Waals surface area (Å²) in [4.78, 5) is 34.5. The Hall–Kier alpha value is -1.55. The predicted octanol–water partition coefficient (Wildman–Crippen LogP) is 11.8. The van der Waals surface area contributed by atoms with Gasteiger partial charge in [-0.25, -0.2) is 4.57 Å². The molecule has 0 rings (SSSR count). The summed E-state index contributed by atoms with van der Waals surface area (Å²) in [5.41, 5.74) is 0. The quantitative estimate of drug-likeness (QED) is 0.0236. The third-order valence-corrected chi connectivity index (χ3v) is 10.6. The number of aliphatic hydroxyl groups is 2. The third-order valence-electron chi connectivity index (χ3n) is 9.67. The van der Waals surface area contributed by atoms with Crippen LogP contribution in [-0.2, 0) is 32.7 Å². The van der Waals surface area contributed by atoms with Crippen LogP contribution in [0.3, 0.4) is 0 Å². The summed E-state index contributed by atoms with van der Waals surface area (Å²) in [6.45, 7) is 2.20. The molecule has 0 radical (unpaired) electrons. The molecule has 0 bridgehead atoms. The molecule has 0 heterocycles. The van der Waals surface area contributed by atoms with E-state index in [4.69, 9.17) is 18.5 Å². The summed E-state index contributed by atoms with van der Waals surface area (Å²) in [7, 11) is -4.63. The van der Waals surface area contributed by atoms with Crippen LogP contribution in [-0.4, -0.2) is 65.7 Å². The Balaban J connectivity index is 3.91. The zero-order valence-corrected chi connectivity index (χ0v) is 36.0. The van der Waals surface area contributed by atoms with Crippen molar-refractivity contribution in [3.8, 4) is 0 Å². The minimum absolute atomic E-state index is 0.185. The highest BCUT2D eigenvalue weighted by Gasteiger charge is 2.27. The zero-order chi connectivity index (χ0) is 40.5. The van der Waals surface area contributed by atoms with Crippen molar-refractivity contribution in [2.24, 2.45) is 0 Å². The molecule has 0 saturated heterocycles. The lowest BCUT2D eigenvalue weighted by Gasteiger charge is -2.20. The first-order chi connectivity index (χ1) is 26.8. The van der Waals surface area contributed by atoms with Gasteiger partial charge in [0.15, 0.2) is 0 Å². The van der Waals surface area contributed by atoms with Crippen LogP contribution in [0.2, 0.25) is 0 Å². The van der Waals surface area contributed by atoms with Crippen molar-refractivity contribution in [1.29, 1.82) is 0 Å². The summed E-state index contributed by atoms with van der Waals surface area (Å²) >= 11 is 0. The molecule has 0 aliphatic carbocycles. The molecule has 55 heavy (non-hydrogen) atoms. The van der Waals surface area contributed by atoms with Gasteiger partial charge in [0.2, 0.25) is 0 Å². The highest BCUT2D eigenvalue weighted by Crippen LogP contribution is 2.43. The lowest BCUT2D eigenvalue weighted by molar-refractivity contribution is -0.153. The van der Waals surface area contributed by atoms with E-state index in [0.29, 0.717) is 12.8 Å². The summed E-state index contributed by atoms with van der Waals surface area (Å²) < 4.78 is 32.6. The molecular formula is C44H83O10P. The van der Waals surface area contributed by atoms with Gasteiger partial charge in [-0.2, -0.15) is 0 Å². The monoisotopic (exact) mass is 803 g/mol. The van der Waals surface area contributed by atoms with E-state index >= 15 is 0 Å². The molecule has 11 heteroatoms. The van der Waals surface area contributed by atoms with Crippen molar-refractivity contribution in [2.45, 2.75) is 219 Å². The number of allylic oxidation sites excluding steroid dienone is 4. The maximum absolute atomic E-state index is 12.4. The molecule has 0 saturated carbocycles. The van der Waals surface area contributed by atoms with E-state index in [1.54, 1.807) is 0 Å².